The molecule has 1 aliphatic rings. The molecule has 0 spiro atoms. The molecule has 5 aromatic rings. The summed E-state index contributed by atoms with van der Waals surface area (Å²) in [5.74, 6) is 0.317. The number of H-pyrrole nitrogens is 1. The highest BCUT2D eigenvalue weighted by atomic mass is 16.3. The molecule has 0 unspecified atom stereocenters. The number of aromatic nitrogens is 7. The van der Waals surface area contributed by atoms with Crippen molar-refractivity contribution in [1.29, 1.82) is 0 Å². The number of fused-ring (bicyclic) bond motifs is 1. The zero-order chi connectivity index (χ0) is 25.2. The number of carbonyl (C=O) groups excluding carboxylic acids is 1. The summed E-state index contributed by atoms with van der Waals surface area (Å²) in [4.78, 5) is 20.1. The summed E-state index contributed by atoms with van der Waals surface area (Å²) in [6.07, 6.45) is 12.0. The Bertz CT molecular complexity index is 1510. The zero-order valence-corrected chi connectivity index (χ0v) is 20.6. The van der Waals surface area contributed by atoms with Gasteiger partial charge in [0.25, 0.3) is 5.91 Å². The number of rotatable bonds is 10. The minimum atomic E-state index is -0.249. The van der Waals surface area contributed by atoms with E-state index in [0.717, 1.165) is 52.8 Å². The lowest BCUT2D eigenvalue weighted by atomic mass is 10.0. The minimum Gasteiger partial charge on any atom is -0.472 e. The van der Waals surface area contributed by atoms with Gasteiger partial charge in [-0.15, -0.1) is 10.2 Å². The Hall–Kier alpha value is -4.34. The predicted molar refractivity (Wildman–Crippen MR) is 137 cm³/mol. The smallest absolute Gasteiger partial charge is 0.273 e. The molecule has 1 saturated carbocycles. The van der Waals surface area contributed by atoms with Crippen molar-refractivity contribution in [2.75, 3.05) is 0 Å². The number of unbranched alkanes of at least 4 members (excludes halogenated alkanes) is 1. The van der Waals surface area contributed by atoms with Crippen molar-refractivity contribution in [2.45, 2.75) is 58.0 Å². The largest absolute Gasteiger partial charge is 0.472 e. The van der Waals surface area contributed by atoms with Gasteiger partial charge in [-0.1, -0.05) is 11.3 Å². The van der Waals surface area contributed by atoms with Gasteiger partial charge in [-0.3, -0.25) is 14.5 Å². The summed E-state index contributed by atoms with van der Waals surface area (Å²) in [5, 5.41) is 21.0. The van der Waals surface area contributed by atoms with Gasteiger partial charge in [0.05, 0.1) is 24.4 Å². The second-order valence-corrected chi connectivity index (χ2v) is 9.61. The Kier molecular flexibility index (Phi) is 6.21. The number of amides is 1. The lowest BCUT2D eigenvalue weighted by Gasteiger charge is -2.03. The lowest BCUT2D eigenvalue weighted by Crippen LogP contribution is -2.23. The fourth-order valence-corrected chi connectivity index (χ4v) is 4.54. The summed E-state index contributed by atoms with van der Waals surface area (Å²) in [5.41, 5.74) is 7.48. The van der Waals surface area contributed by atoms with Gasteiger partial charge < -0.3 is 14.7 Å². The highest BCUT2D eigenvalue weighted by Crippen LogP contribution is 2.46. The molecule has 0 aliphatic heterocycles. The van der Waals surface area contributed by atoms with Crippen LogP contribution in [-0.2, 0) is 19.5 Å². The van der Waals surface area contributed by atoms with Crippen LogP contribution in [0.3, 0.4) is 0 Å². The Morgan fingerprint density at radius 2 is 2.11 bits per heavy atom. The summed E-state index contributed by atoms with van der Waals surface area (Å²) in [6.45, 7) is 3.00. The van der Waals surface area contributed by atoms with Gasteiger partial charge in [0.2, 0.25) is 0 Å². The van der Waals surface area contributed by atoms with Crippen molar-refractivity contribution in [3.05, 3.63) is 77.5 Å². The molecule has 0 aromatic carbocycles. The lowest BCUT2D eigenvalue weighted by molar-refractivity contribution is 0.0945. The number of hydrogen-bond donors (Lipinski definition) is 2. The van der Waals surface area contributed by atoms with Crippen molar-refractivity contribution in [2.24, 2.45) is 0 Å². The van der Waals surface area contributed by atoms with Crippen molar-refractivity contribution in [1.82, 2.24) is 40.5 Å². The molecule has 1 fully saturated rings. The van der Waals surface area contributed by atoms with E-state index in [-0.39, 0.29) is 5.91 Å². The average Bonchev–Trinajstić information content (AvgIpc) is 3.28. The van der Waals surface area contributed by atoms with Crippen LogP contribution >= 0.6 is 0 Å². The van der Waals surface area contributed by atoms with Crippen molar-refractivity contribution in [3.8, 4) is 11.1 Å². The van der Waals surface area contributed by atoms with Crippen LogP contribution in [0.15, 0.2) is 53.6 Å². The third-order valence-electron chi connectivity index (χ3n) is 6.70. The predicted octanol–water partition coefficient (Wildman–Crippen LogP) is 4.34. The monoisotopic (exact) mass is 496 g/mol. The molecule has 0 atom stereocenters. The van der Waals surface area contributed by atoms with E-state index in [4.69, 9.17) is 4.42 Å². The van der Waals surface area contributed by atoms with E-state index in [1.54, 1.807) is 29.6 Å². The molecule has 0 saturated heterocycles. The first-order chi connectivity index (χ1) is 18.1. The standard InChI is InChI=1S/C27H28N8O2/c1-17-5-6-18(13-28-17)14-29-27(36)23-15-35(34-32-23)10-3-2-4-21-12-22-24(20-9-11-37-16-20)25(19-7-8-19)30-26(22)33-31-21/h5-6,9,11-13,15-16,19H,2-4,7-8,10,14H2,1H3,(H,29,36)(H,30,33). The van der Waals surface area contributed by atoms with E-state index in [2.05, 4.69) is 41.9 Å². The molecule has 5 aromatic heterocycles. The molecule has 1 aliphatic carbocycles. The molecule has 5 heterocycles. The van der Waals surface area contributed by atoms with Gasteiger partial charge in [0.15, 0.2) is 11.3 Å². The van der Waals surface area contributed by atoms with Crippen LogP contribution in [0.4, 0.5) is 0 Å². The molecule has 0 bridgehead atoms. The van der Waals surface area contributed by atoms with Crippen LogP contribution in [0.25, 0.3) is 22.2 Å². The summed E-state index contributed by atoms with van der Waals surface area (Å²) < 4.78 is 7.07. The Balaban J connectivity index is 1.04. The first-order valence-electron chi connectivity index (χ1n) is 12.6. The topological polar surface area (TPSA) is 127 Å². The zero-order valence-electron chi connectivity index (χ0n) is 20.6. The number of carbonyl (C=O) groups is 1. The van der Waals surface area contributed by atoms with Gasteiger partial charge in [0, 0.05) is 47.2 Å². The maximum Gasteiger partial charge on any atom is 0.273 e. The van der Waals surface area contributed by atoms with Gasteiger partial charge in [-0.2, -0.15) is 5.10 Å². The van der Waals surface area contributed by atoms with Crippen LogP contribution in [-0.4, -0.2) is 41.1 Å². The Labute approximate surface area is 213 Å². The van der Waals surface area contributed by atoms with E-state index in [1.165, 1.54) is 24.1 Å². The van der Waals surface area contributed by atoms with E-state index < -0.39 is 0 Å². The van der Waals surface area contributed by atoms with Gasteiger partial charge in [-0.05, 0) is 68.7 Å². The fraction of sp³-hybridized carbons (Fsp3) is 0.333. The van der Waals surface area contributed by atoms with Crippen LogP contribution in [0.5, 0.6) is 0 Å². The normalized spacial score (nSPS) is 13.3. The molecule has 10 nitrogen and oxygen atoms in total. The number of furan rings is 1. The average molecular weight is 497 g/mol. The second-order valence-electron chi connectivity index (χ2n) is 9.61. The molecule has 37 heavy (non-hydrogen) atoms. The molecule has 0 radical (unpaired) electrons. The molecular formula is C27H28N8O2. The van der Waals surface area contributed by atoms with E-state index in [1.807, 2.05) is 25.1 Å². The molecule has 2 N–H and O–H groups in total. The maximum atomic E-state index is 12.4. The first kappa shape index (κ1) is 23.1. The van der Waals surface area contributed by atoms with Crippen LogP contribution in [0.1, 0.15) is 64.7 Å². The number of nitrogens with one attached hydrogen (secondary N) is 2. The highest BCUT2D eigenvalue weighted by Gasteiger charge is 2.30. The SMILES string of the molecule is Cc1ccc(CNC(=O)c2cn(CCCCc3cc4c(-c5ccoc5)c(C5CC5)[nH]c4nn3)nn2)cn1. The Morgan fingerprint density at radius 1 is 1.19 bits per heavy atom. The molecule has 6 rings (SSSR count). The molecule has 1 amide bonds. The van der Waals surface area contributed by atoms with Gasteiger partial charge in [0.1, 0.15) is 0 Å². The number of aromatic amines is 1. The van der Waals surface area contributed by atoms with Crippen molar-refractivity contribution >= 4 is 16.9 Å². The van der Waals surface area contributed by atoms with Gasteiger partial charge >= 0.3 is 0 Å². The summed E-state index contributed by atoms with van der Waals surface area (Å²) >= 11 is 0. The number of aryl methyl sites for hydroxylation is 3. The maximum absolute atomic E-state index is 12.4. The molecular weight excluding hydrogens is 468 g/mol. The molecule has 10 heteroatoms. The number of pyridine rings is 1. The summed E-state index contributed by atoms with van der Waals surface area (Å²) in [6, 6.07) is 8.01. The third kappa shape index (κ3) is 5.13. The van der Waals surface area contributed by atoms with E-state index >= 15 is 0 Å². The fourth-order valence-electron chi connectivity index (χ4n) is 4.54. The van der Waals surface area contributed by atoms with Crippen molar-refractivity contribution in [3.63, 3.8) is 0 Å². The Morgan fingerprint density at radius 3 is 2.89 bits per heavy atom. The first-order valence-corrected chi connectivity index (χ1v) is 12.6. The quantitative estimate of drug-likeness (QED) is 0.275. The molecule has 188 valence electrons. The number of nitrogens with zero attached hydrogens (tertiary/aromatic N) is 6. The highest BCUT2D eigenvalue weighted by molar-refractivity contribution is 5.96. The minimum absolute atomic E-state index is 0.249. The third-order valence-corrected chi connectivity index (χ3v) is 6.70. The second kappa shape index (κ2) is 9.96. The van der Waals surface area contributed by atoms with Crippen LogP contribution < -0.4 is 5.32 Å². The van der Waals surface area contributed by atoms with Gasteiger partial charge in [-0.25, -0.2) is 0 Å². The van der Waals surface area contributed by atoms with Crippen LogP contribution in [0.2, 0.25) is 0 Å². The van der Waals surface area contributed by atoms with E-state index in [9.17, 15) is 4.79 Å². The van der Waals surface area contributed by atoms with E-state index in [0.29, 0.717) is 24.7 Å². The van der Waals surface area contributed by atoms with Crippen LogP contribution in [0, 0.1) is 6.92 Å². The van der Waals surface area contributed by atoms with Crippen molar-refractivity contribution < 1.29 is 9.21 Å². The number of hydrogen-bond acceptors (Lipinski definition) is 7. The summed E-state index contributed by atoms with van der Waals surface area (Å²) in [7, 11) is 0.